The van der Waals surface area contributed by atoms with Crippen LogP contribution in [0.15, 0.2) is 47.4 Å². The number of benzene rings is 2. The lowest BCUT2D eigenvalue weighted by molar-refractivity contribution is -0.117. The lowest BCUT2D eigenvalue weighted by Gasteiger charge is -2.26. The zero-order valence-electron chi connectivity index (χ0n) is 14.4. The van der Waals surface area contributed by atoms with Crippen molar-refractivity contribution in [1.29, 1.82) is 0 Å². The Balaban J connectivity index is 1.79. The van der Waals surface area contributed by atoms with E-state index in [1.54, 1.807) is 23.1 Å². The van der Waals surface area contributed by atoms with E-state index in [2.05, 4.69) is 0 Å². The summed E-state index contributed by atoms with van der Waals surface area (Å²) < 4.78 is 36.1. The lowest BCUT2D eigenvalue weighted by Crippen LogP contribution is -2.39. The summed E-state index contributed by atoms with van der Waals surface area (Å²) in [6.07, 6.45) is 0.576. The second-order valence-corrected chi connectivity index (χ2v) is 7.68. The van der Waals surface area contributed by atoms with Gasteiger partial charge in [-0.15, -0.1) is 0 Å². The smallest absolute Gasteiger partial charge is 0.246 e. The summed E-state index contributed by atoms with van der Waals surface area (Å²) in [6.45, 7) is 3.16. The Morgan fingerprint density at radius 3 is 2.54 bits per heavy atom. The Morgan fingerprint density at radius 1 is 1.23 bits per heavy atom. The van der Waals surface area contributed by atoms with Crippen molar-refractivity contribution in [3.8, 4) is 0 Å². The first kappa shape index (κ1) is 18.3. The van der Waals surface area contributed by atoms with Crippen LogP contribution in [0, 0.1) is 5.82 Å². The number of rotatable bonds is 5. The van der Waals surface area contributed by atoms with Crippen LogP contribution in [0.3, 0.4) is 0 Å². The molecule has 2 aromatic carbocycles. The molecule has 1 heterocycles. The van der Waals surface area contributed by atoms with Gasteiger partial charge in [0, 0.05) is 24.5 Å². The maximum Gasteiger partial charge on any atom is 0.246 e. The van der Waals surface area contributed by atoms with E-state index in [-0.39, 0.29) is 23.2 Å². The van der Waals surface area contributed by atoms with Crippen molar-refractivity contribution in [2.24, 2.45) is 5.14 Å². The van der Waals surface area contributed by atoms with Crippen LogP contribution >= 0.6 is 0 Å². The highest BCUT2D eigenvalue weighted by molar-refractivity contribution is 7.89. The number of nitrogens with zero attached hydrogens (tertiary/aromatic N) is 2. The molecule has 2 N–H and O–H groups in total. The summed E-state index contributed by atoms with van der Waals surface area (Å²) in [5.41, 5.74) is 2.26. The van der Waals surface area contributed by atoms with Crippen LogP contribution < -0.4 is 14.9 Å². The third-order valence-corrected chi connectivity index (χ3v) is 5.39. The summed E-state index contributed by atoms with van der Waals surface area (Å²) in [5.74, 6) is -0.423. The predicted molar refractivity (Wildman–Crippen MR) is 98.2 cm³/mol. The number of halogens is 1. The highest BCUT2D eigenvalue weighted by Gasteiger charge is 2.27. The van der Waals surface area contributed by atoms with Crippen LogP contribution in [0.5, 0.6) is 0 Å². The van der Waals surface area contributed by atoms with Crippen molar-refractivity contribution in [3.05, 3.63) is 53.8 Å². The Morgan fingerprint density at radius 2 is 1.92 bits per heavy atom. The zero-order valence-corrected chi connectivity index (χ0v) is 15.2. The molecule has 0 spiro atoms. The zero-order chi connectivity index (χ0) is 18.9. The largest absolute Gasteiger partial charge is 0.362 e. The molecule has 138 valence electrons. The van der Waals surface area contributed by atoms with Gasteiger partial charge in [-0.05, 0) is 61.4 Å². The number of hydrogen-bond donors (Lipinski definition) is 1. The van der Waals surface area contributed by atoms with E-state index in [1.165, 1.54) is 24.3 Å². The number of nitrogens with two attached hydrogens (primary N) is 1. The molecule has 0 aliphatic carbocycles. The van der Waals surface area contributed by atoms with Crippen molar-refractivity contribution < 1.29 is 17.6 Å². The molecule has 0 radical (unpaired) electrons. The van der Waals surface area contributed by atoms with Gasteiger partial charge >= 0.3 is 0 Å². The number of likely N-dealkylation sites (N-methyl/N-ethyl adjacent to an activating group) is 1. The summed E-state index contributed by atoms with van der Waals surface area (Å²) in [6, 6.07) is 10.6. The van der Waals surface area contributed by atoms with Gasteiger partial charge < -0.3 is 9.80 Å². The summed E-state index contributed by atoms with van der Waals surface area (Å²) >= 11 is 0. The van der Waals surface area contributed by atoms with Gasteiger partial charge in [0.05, 0.1) is 11.4 Å². The van der Waals surface area contributed by atoms with Gasteiger partial charge in [0.1, 0.15) is 5.82 Å². The number of anilines is 2. The second kappa shape index (κ2) is 7.05. The SMILES string of the molecule is CCN(CC(=O)N1CCc2cc(S(N)(=O)=O)ccc21)c1ccc(F)cc1. The topological polar surface area (TPSA) is 83.7 Å². The molecule has 0 aromatic heterocycles. The highest BCUT2D eigenvalue weighted by Crippen LogP contribution is 2.30. The molecule has 3 rings (SSSR count). The molecule has 8 heteroatoms. The van der Waals surface area contributed by atoms with Crippen LogP contribution in [0.25, 0.3) is 0 Å². The monoisotopic (exact) mass is 377 g/mol. The standard InChI is InChI=1S/C18H20FN3O3S/c1-2-21(15-5-3-14(19)4-6-15)12-18(23)22-10-9-13-11-16(26(20,24)25)7-8-17(13)22/h3-8,11H,2,9-10,12H2,1H3,(H2,20,24,25). The van der Waals surface area contributed by atoms with Gasteiger partial charge in [0.15, 0.2) is 0 Å². The van der Waals surface area contributed by atoms with Crippen molar-refractivity contribution in [2.75, 3.05) is 29.4 Å². The van der Waals surface area contributed by atoms with Gasteiger partial charge in [0.2, 0.25) is 15.9 Å². The van der Waals surface area contributed by atoms with Crippen molar-refractivity contribution in [1.82, 2.24) is 0 Å². The van der Waals surface area contributed by atoms with Crippen LogP contribution in [0.2, 0.25) is 0 Å². The average Bonchev–Trinajstić information content (AvgIpc) is 3.03. The van der Waals surface area contributed by atoms with Gasteiger partial charge in [-0.3, -0.25) is 4.79 Å². The molecule has 0 atom stereocenters. The molecule has 1 aliphatic rings. The van der Waals surface area contributed by atoms with E-state index in [0.29, 0.717) is 25.2 Å². The fraction of sp³-hybridized carbons (Fsp3) is 0.278. The first-order valence-electron chi connectivity index (χ1n) is 8.26. The van der Waals surface area contributed by atoms with Crippen LogP contribution in [-0.2, 0) is 21.2 Å². The molecule has 0 bridgehead atoms. The fourth-order valence-electron chi connectivity index (χ4n) is 3.10. The van der Waals surface area contributed by atoms with Gasteiger partial charge in [0.25, 0.3) is 0 Å². The van der Waals surface area contributed by atoms with E-state index >= 15 is 0 Å². The van der Waals surface area contributed by atoms with Crippen molar-refractivity contribution >= 4 is 27.3 Å². The minimum absolute atomic E-state index is 0.0482. The van der Waals surface area contributed by atoms with E-state index in [1.807, 2.05) is 11.8 Å². The first-order valence-corrected chi connectivity index (χ1v) is 9.81. The number of carbonyl (C=O) groups excluding carboxylic acids is 1. The lowest BCUT2D eigenvalue weighted by atomic mass is 10.2. The summed E-state index contributed by atoms with van der Waals surface area (Å²) in [4.78, 5) is 16.3. The van der Waals surface area contributed by atoms with E-state index < -0.39 is 10.0 Å². The third kappa shape index (κ3) is 3.71. The molecule has 1 amide bonds. The number of carbonyl (C=O) groups is 1. The average molecular weight is 377 g/mol. The number of amides is 1. The van der Waals surface area contributed by atoms with Gasteiger partial charge in [-0.25, -0.2) is 17.9 Å². The van der Waals surface area contributed by atoms with Crippen LogP contribution in [0.4, 0.5) is 15.8 Å². The highest BCUT2D eigenvalue weighted by atomic mass is 32.2. The molecular formula is C18H20FN3O3S. The van der Waals surface area contributed by atoms with Crippen molar-refractivity contribution in [2.45, 2.75) is 18.2 Å². The molecule has 0 fully saturated rings. The predicted octanol–water partition coefficient (Wildman–Crippen LogP) is 1.89. The molecule has 26 heavy (non-hydrogen) atoms. The second-order valence-electron chi connectivity index (χ2n) is 6.12. The van der Waals surface area contributed by atoms with E-state index in [9.17, 15) is 17.6 Å². The third-order valence-electron chi connectivity index (χ3n) is 4.48. The number of hydrogen-bond acceptors (Lipinski definition) is 4. The molecule has 0 saturated heterocycles. The van der Waals surface area contributed by atoms with E-state index in [0.717, 1.165) is 11.3 Å². The van der Waals surface area contributed by atoms with Crippen LogP contribution in [-0.4, -0.2) is 34.0 Å². The summed E-state index contributed by atoms with van der Waals surface area (Å²) in [5, 5.41) is 5.16. The maximum absolute atomic E-state index is 13.1. The normalized spacial score (nSPS) is 13.6. The van der Waals surface area contributed by atoms with E-state index in [4.69, 9.17) is 5.14 Å². The Labute approximate surface area is 152 Å². The molecule has 0 unspecified atom stereocenters. The summed E-state index contributed by atoms with van der Waals surface area (Å²) in [7, 11) is -3.77. The molecule has 2 aromatic rings. The molecular weight excluding hydrogens is 357 g/mol. The van der Waals surface area contributed by atoms with Crippen LogP contribution in [0.1, 0.15) is 12.5 Å². The minimum atomic E-state index is -3.77. The first-order chi connectivity index (χ1) is 12.3. The Hall–Kier alpha value is -2.45. The number of fused-ring (bicyclic) bond motifs is 1. The fourth-order valence-corrected chi connectivity index (χ4v) is 3.66. The molecule has 0 saturated carbocycles. The Kier molecular flexibility index (Phi) is 4.97. The number of sulfonamides is 1. The van der Waals surface area contributed by atoms with Gasteiger partial charge in [-0.2, -0.15) is 0 Å². The number of primary sulfonamides is 1. The Bertz CT molecular complexity index is 929. The quantitative estimate of drug-likeness (QED) is 0.862. The van der Waals surface area contributed by atoms with Crippen molar-refractivity contribution in [3.63, 3.8) is 0 Å². The van der Waals surface area contributed by atoms with Gasteiger partial charge in [-0.1, -0.05) is 0 Å². The minimum Gasteiger partial charge on any atom is -0.362 e. The molecule has 1 aliphatic heterocycles. The molecule has 6 nitrogen and oxygen atoms in total. The maximum atomic E-state index is 13.1.